The van der Waals surface area contributed by atoms with E-state index >= 15 is 0 Å². The van der Waals surface area contributed by atoms with Gasteiger partial charge in [-0.25, -0.2) is 0 Å². The highest BCUT2D eigenvalue weighted by Crippen LogP contribution is 2.34. The summed E-state index contributed by atoms with van der Waals surface area (Å²) in [7, 11) is 0. The van der Waals surface area contributed by atoms with Crippen molar-refractivity contribution < 1.29 is 14.4 Å². The minimum atomic E-state index is -0.938. The minimum Gasteiger partial charge on any atom is -0.368 e. The second-order valence-corrected chi connectivity index (χ2v) is 7.57. The van der Waals surface area contributed by atoms with Crippen LogP contribution in [0.5, 0.6) is 0 Å². The number of nitrogens with two attached hydrogens (primary N) is 2. The molecule has 0 radical (unpaired) electrons. The van der Waals surface area contributed by atoms with Crippen LogP contribution in [-0.4, -0.2) is 33.3 Å². The first kappa shape index (κ1) is 18.9. The van der Waals surface area contributed by atoms with Crippen LogP contribution >= 0.6 is 0 Å². The first-order valence-corrected chi connectivity index (χ1v) is 9.23. The summed E-state index contributed by atoms with van der Waals surface area (Å²) < 4.78 is 1.69. The predicted octanol–water partition coefficient (Wildman–Crippen LogP) is 1.34. The van der Waals surface area contributed by atoms with Gasteiger partial charge < -0.3 is 11.6 Å². The number of rotatable bonds is 4. The number of primary amides is 1. The number of benzene rings is 1. The Hall–Kier alpha value is -2.83. The van der Waals surface area contributed by atoms with Crippen molar-refractivity contribution in [1.29, 1.82) is 0 Å². The molecule has 2 atom stereocenters. The molecule has 144 valence electrons. The molecule has 0 spiro atoms. The molecule has 3 rings (SSSR count). The number of para-hydroxylation sites is 1. The van der Waals surface area contributed by atoms with Crippen molar-refractivity contribution in [2.45, 2.75) is 46.1 Å². The lowest BCUT2D eigenvalue weighted by molar-refractivity contribution is -0.154. The largest absolute Gasteiger partial charge is 0.368 e. The van der Waals surface area contributed by atoms with Crippen LogP contribution in [0.15, 0.2) is 24.3 Å². The van der Waals surface area contributed by atoms with E-state index in [1.54, 1.807) is 18.5 Å². The molecule has 3 amide bonds. The molecule has 0 fully saturated rings. The lowest BCUT2D eigenvalue weighted by Crippen LogP contribution is -2.55. The fourth-order valence-electron chi connectivity index (χ4n) is 4.19. The predicted molar refractivity (Wildman–Crippen MR) is 103 cm³/mol. The van der Waals surface area contributed by atoms with E-state index in [1.807, 2.05) is 24.3 Å². The monoisotopic (exact) mass is 370 g/mol. The van der Waals surface area contributed by atoms with E-state index in [0.29, 0.717) is 19.3 Å². The molecular formula is C20H26N4O3. The summed E-state index contributed by atoms with van der Waals surface area (Å²) in [5, 5.41) is 1.03. The third-order valence-corrected chi connectivity index (χ3v) is 5.44. The Bertz CT molecular complexity index is 915. The molecule has 1 aromatic heterocycles. The molecule has 27 heavy (non-hydrogen) atoms. The summed E-state index contributed by atoms with van der Waals surface area (Å²) in [6.07, 6.45) is 1.71. The van der Waals surface area contributed by atoms with Crippen LogP contribution in [0.25, 0.3) is 10.9 Å². The second-order valence-electron chi connectivity index (χ2n) is 7.57. The minimum absolute atomic E-state index is 0.250. The summed E-state index contributed by atoms with van der Waals surface area (Å²) in [6, 6.07) is 6.88. The van der Waals surface area contributed by atoms with Crippen LogP contribution in [0.4, 0.5) is 0 Å². The number of aromatic nitrogens is 1. The van der Waals surface area contributed by atoms with Crippen LogP contribution in [0, 0.1) is 11.8 Å². The Morgan fingerprint density at radius 3 is 2.48 bits per heavy atom. The molecule has 2 aromatic rings. The van der Waals surface area contributed by atoms with Gasteiger partial charge in [0.15, 0.2) is 0 Å². The maximum atomic E-state index is 13.2. The van der Waals surface area contributed by atoms with Crippen molar-refractivity contribution in [2.24, 2.45) is 17.6 Å². The number of hydrogen-bond acceptors (Lipinski definition) is 4. The number of fused-ring (bicyclic) bond motifs is 3. The van der Waals surface area contributed by atoms with Crippen molar-refractivity contribution in [2.75, 3.05) is 5.84 Å². The third-order valence-electron chi connectivity index (χ3n) is 5.44. The third kappa shape index (κ3) is 3.18. The highest BCUT2D eigenvalue weighted by atomic mass is 16.2. The van der Waals surface area contributed by atoms with Gasteiger partial charge in [-0.3, -0.25) is 24.0 Å². The van der Waals surface area contributed by atoms with E-state index in [1.165, 1.54) is 6.92 Å². The Balaban J connectivity index is 1.95. The molecule has 0 saturated carbocycles. The molecule has 0 saturated heterocycles. The number of hydrogen-bond donors (Lipinski definition) is 2. The van der Waals surface area contributed by atoms with Crippen molar-refractivity contribution in [3.05, 3.63) is 35.5 Å². The second kappa shape index (κ2) is 7.06. The summed E-state index contributed by atoms with van der Waals surface area (Å²) >= 11 is 0. The molecule has 4 N–H and O–H groups in total. The van der Waals surface area contributed by atoms with Crippen LogP contribution in [0.3, 0.4) is 0 Å². The molecule has 7 heteroatoms. The van der Waals surface area contributed by atoms with Gasteiger partial charge in [0.2, 0.25) is 17.7 Å². The summed E-state index contributed by atoms with van der Waals surface area (Å²) in [6.45, 7) is 4.86. The maximum absolute atomic E-state index is 13.2. The number of carbonyl (C=O) groups is 3. The topological polar surface area (TPSA) is 111 Å². The van der Waals surface area contributed by atoms with E-state index in [-0.39, 0.29) is 17.7 Å². The number of nitrogen functional groups attached to an aromatic ring is 1. The first-order chi connectivity index (χ1) is 12.7. The van der Waals surface area contributed by atoms with E-state index in [9.17, 15) is 14.4 Å². The van der Waals surface area contributed by atoms with Gasteiger partial charge >= 0.3 is 0 Å². The van der Waals surface area contributed by atoms with Crippen LogP contribution < -0.4 is 11.6 Å². The van der Waals surface area contributed by atoms with Crippen molar-refractivity contribution >= 4 is 28.6 Å². The maximum Gasteiger partial charge on any atom is 0.240 e. The van der Waals surface area contributed by atoms with Crippen LogP contribution in [0.1, 0.15) is 38.4 Å². The fraction of sp³-hybridized carbons (Fsp3) is 0.450. The summed E-state index contributed by atoms with van der Waals surface area (Å²) in [5.74, 6) is 4.14. The Labute approximate surface area is 158 Å². The molecule has 1 heterocycles. The van der Waals surface area contributed by atoms with Gasteiger partial charge in [-0.1, -0.05) is 32.0 Å². The highest BCUT2D eigenvalue weighted by Gasteiger charge is 2.39. The zero-order chi connectivity index (χ0) is 19.9. The average molecular weight is 370 g/mol. The van der Waals surface area contributed by atoms with Gasteiger partial charge in [-0.2, -0.15) is 0 Å². The molecular weight excluding hydrogens is 344 g/mol. The van der Waals surface area contributed by atoms with Gasteiger partial charge in [0.25, 0.3) is 0 Å². The van der Waals surface area contributed by atoms with Gasteiger partial charge in [0, 0.05) is 23.9 Å². The molecule has 1 aromatic carbocycles. The lowest BCUT2D eigenvalue weighted by atomic mass is 9.84. The number of carbonyl (C=O) groups excluding carboxylic acids is 3. The van der Waals surface area contributed by atoms with Gasteiger partial charge in [0.1, 0.15) is 6.04 Å². The Morgan fingerprint density at radius 2 is 1.89 bits per heavy atom. The number of imide groups is 1. The SMILES string of the molecule is CC(=O)N(C(=O)C1CCc2c(c3ccccc3n2N)C1)[C@H](C(N)=O)C(C)C. The van der Waals surface area contributed by atoms with Gasteiger partial charge in [-0.05, 0) is 36.8 Å². The van der Waals surface area contributed by atoms with Crippen LogP contribution in [-0.2, 0) is 27.2 Å². The summed E-state index contributed by atoms with van der Waals surface area (Å²) in [4.78, 5) is 38.4. The molecule has 0 bridgehead atoms. The fourth-order valence-corrected chi connectivity index (χ4v) is 4.19. The first-order valence-electron chi connectivity index (χ1n) is 9.23. The van der Waals surface area contributed by atoms with E-state index in [2.05, 4.69) is 0 Å². The highest BCUT2D eigenvalue weighted by molar-refractivity contribution is 6.00. The van der Waals surface area contributed by atoms with Crippen molar-refractivity contribution in [1.82, 2.24) is 9.58 Å². The van der Waals surface area contributed by atoms with Crippen LogP contribution in [0.2, 0.25) is 0 Å². The average Bonchev–Trinajstić information content (AvgIpc) is 2.90. The quantitative estimate of drug-likeness (QED) is 0.791. The Morgan fingerprint density at radius 1 is 1.22 bits per heavy atom. The number of amides is 3. The van der Waals surface area contributed by atoms with E-state index in [4.69, 9.17) is 11.6 Å². The Kier molecular flexibility index (Phi) is 4.95. The zero-order valence-corrected chi connectivity index (χ0v) is 15.9. The molecule has 1 aliphatic rings. The van der Waals surface area contributed by atoms with Crippen molar-refractivity contribution in [3.8, 4) is 0 Å². The summed E-state index contributed by atoms with van der Waals surface area (Å²) in [5.41, 5.74) is 8.48. The van der Waals surface area contributed by atoms with Crippen molar-refractivity contribution in [3.63, 3.8) is 0 Å². The van der Waals surface area contributed by atoms with Gasteiger partial charge in [0.05, 0.1) is 5.52 Å². The van der Waals surface area contributed by atoms with Gasteiger partial charge in [-0.15, -0.1) is 0 Å². The molecule has 0 aliphatic heterocycles. The normalized spacial score (nSPS) is 17.6. The number of nitrogens with zero attached hydrogens (tertiary/aromatic N) is 2. The van der Waals surface area contributed by atoms with E-state index in [0.717, 1.165) is 27.1 Å². The lowest BCUT2D eigenvalue weighted by Gasteiger charge is -2.33. The standard InChI is InChI=1S/C20H26N4O3/c1-11(2)18(19(21)26)23(12(3)25)20(27)13-8-9-17-15(10-13)14-6-4-5-7-16(14)24(17)22/h4-7,11,13,18H,8-10,22H2,1-3H3,(H2,21,26)/t13?,18-/m0/s1. The zero-order valence-electron chi connectivity index (χ0n) is 15.9. The molecule has 1 unspecified atom stereocenters. The smallest absolute Gasteiger partial charge is 0.240 e. The molecule has 7 nitrogen and oxygen atoms in total. The van der Waals surface area contributed by atoms with E-state index < -0.39 is 17.9 Å². The molecule has 1 aliphatic carbocycles.